The Hall–Kier alpha value is -2.45. The number of aliphatic hydroxyl groups is 6. The Morgan fingerprint density at radius 3 is 1.77 bits per heavy atom. The van der Waals surface area contributed by atoms with Gasteiger partial charge in [-0.15, -0.1) is 0 Å². The van der Waals surface area contributed by atoms with Crippen LogP contribution in [0.2, 0.25) is 0 Å². The van der Waals surface area contributed by atoms with E-state index in [9.17, 15) is 14.4 Å². The third-order valence-electron chi connectivity index (χ3n) is 3.39. The number of aldehydes is 1. The molecule has 0 saturated carbocycles. The molecule has 0 heterocycles. The van der Waals surface area contributed by atoms with Crippen LogP contribution in [0.1, 0.15) is 12.5 Å². The van der Waals surface area contributed by atoms with E-state index in [0.717, 1.165) is 5.56 Å². The first-order chi connectivity index (χ1) is 13.9. The highest BCUT2D eigenvalue weighted by atomic mass is 16.4. The molecule has 0 aliphatic heterocycles. The summed E-state index contributed by atoms with van der Waals surface area (Å²) in [6, 6.07) is 8.54. The smallest absolute Gasteiger partial charge is 0.332 e. The van der Waals surface area contributed by atoms with Crippen LogP contribution in [-0.2, 0) is 20.8 Å². The first-order valence-corrected chi connectivity index (χ1v) is 8.60. The van der Waals surface area contributed by atoms with Crippen molar-refractivity contribution < 1.29 is 55.2 Å². The van der Waals surface area contributed by atoms with Crippen LogP contribution in [0.25, 0.3) is 0 Å². The number of aliphatic hydroxyl groups excluding tert-OH is 6. The standard InChI is InChI=1S/C9H11NO2.C6H12O6.C3H6O3/c10-8(9(11)12)6-7-4-2-1-3-5-7;7-1-3(9)5(11)6(12)4(10)2-8;1-2(4)3(5)6/h1-5,8H,6,10H2,(H,11,12);1,3-6,8-12H,2H2;2,4H,1H3,(H,5,6)/t8-;3-,4+,5+,6+;/m00./s1. The van der Waals surface area contributed by atoms with Gasteiger partial charge in [0.1, 0.15) is 36.6 Å². The summed E-state index contributed by atoms with van der Waals surface area (Å²) in [5.41, 5.74) is 6.30. The molecule has 12 heteroatoms. The SMILES string of the molecule is CC(O)C(=O)O.N[C@@H](Cc1ccccc1)C(=O)O.O=C[C@H](O)[C@@H](O)[C@H](O)[C@H](O)CO. The minimum Gasteiger partial charge on any atom is -0.480 e. The van der Waals surface area contributed by atoms with Crippen LogP contribution < -0.4 is 5.73 Å². The minimum atomic E-state index is -1.79. The van der Waals surface area contributed by atoms with Gasteiger partial charge in [-0.05, 0) is 18.9 Å². The average molecular weight is 435 g/mol. The van der Waals surface area contributed by atoms with E-state index in [-0.39, 0.29) is 6.29 Å². The molecule has 1 aromatic carbocycles. The van der Waals surface area contributed by atoms with Crippen molar-refractivity contribution in [2.45, 2.75) is 49.9 Å². The van der Waals surface area contributed by atoms with E-state index in [0.29, 0.717) is 6.42 Å². The van der Waals surface area contributed by atoms with Crippen molar-refractivity contribution in [1.82, 2.24) is 0 Å². The third kappa shape index (κ3) is 13.7. The van der Waals surface area contributed by atoms with E-state index in [4.69, 9.17) is 46.6 Å². The number of hydrogen-bond donors (Lipinski definition) is 9. The number of hydrogen-bond acceptors (Lipinski definition) is 10. The van der Waals surface area contributed by atoms with Crippen molar-refractivity contribution in [3.05, 3.63) is 35.9 Å². The molecular weight excluding hydrogens is 406 g/mol. The fourth-order valence-corrected chi connectivity index (χ4v) is 1.57. The monoisotopic (exact) mass is 435 g/mol. The lowest BCUT2D eigenvalue weighted by Gasteiger charge is -2.22. The highest BCUT2D eigenvalue weighted by Crippen LogP contribution is 2.03. The molecule has 0 aliphatic carbocycles. The van der Waals surface area contributed by atoms with Crippen LogP contribution in [0.4, 0.5) is 0 Å². The van der Waals surface area contributed by atoms with E-state index >= 15 is 0 Å². The van der Waals surface area contributed by atoms with E-state index in [1.54, 1.807) is 0 Å². The van der Waals surface area contributed by atoms with Gasteiger partial charge in [0.25, 0.3) is 0 Å². The fraction of sp³-hybridized carbons (Fsp3) is 0.500. The van der Waals surface area contributed by atoms with Crippen LogP contribution in [0.5, 0.6) is 0 Å². The maximum atomic E-state index is 10.4. The first kappa shape index (κ1) is 29.7. The summed E-state index contributed by atoms with van der Waals surface area (Å²) in [6.07, 6.45) is -7.69. The molecule has 6 atom stereocenters. The molecule has 0 fully saturated rings. The van der Waals surface area contributed by atoms with Crippen LogP contribution in [0, 0.1) is 0 Å². The molecule has 0 saturated heterocycles. The second-order valence-electron chi connectivity index (χ2n) is 6.01. The predicted octanol–water partition coefficient (Wildman–Crippen LogP) is -3.29. The Bertz CT molecular complexity index is 611. The molecule has 0 amide bonds. The largest absolute Gasteiger partial charge is 0.480 e. The van der Waals surface area contributed by atoms with Gasteiger partial charge in [-0.25, -0.2) is 4.79 Å². The highest BCUT2D eigenvalue weighted by molar-refractivity contribution is 5.73. The zero-order chi connectivity index (χ0) is 23.9. The average Bonchev–Trinajstić information content (AvgIpc) is 2.72. The summed E-state index contributed by atoms with van der Waals surface area (Å²) in [6.45, 7) is 0.437. The van der Waals surface area contributed by atoms with Gasteiger partial charge in [0, 0.05) is 0 Å². The normalized spacial score (nSPS) is 16.1. The van der Waals surface area contributed by atoms with Gasteiger partial charge >= 0.3 is 11.9 Å². The number of rotatable bonds is 9. The minimum absolute atomic E-state index is 0.0258. The summed E-state index contributed by atoms with van der Waals surface area (Å²) in [5, 5.41) is 67.8. The summed E-state index contributed by atoms with van der Waals surface area (Å²) in [5.74, 6) is -2.14. The molecular formula is C18H29NO11. The van der Waals surface area contributed by atoms with Gasteiger partial charge in [0.2, 0.25) is 0 Å². The molecule has 12 nitrogen and oxygen atoms in total. The van der Waals surface area contributed by atoms with Gasteiger partial charge in [-0.1, -0.05) is 30.3 Å². The Labute approximate surface area is 172 Å². The maximum Gasteiger partial charge on any atom is 0.332 e. The van der Waals surface area contributed by atoms with E-state index in [1.807, 2.05) is 30.3 Å². The quantitative estimate of drug-likeness (QED) is 0.173. The van der Waals surface area contributed by atoms with Gasteiger partial charge in [-0.3, -0.25) is 4.79 Å². The lowest BCUT2D eigenvalue weighted by Crippen LogP contribution is -2.46. The van der Waals surface area contributed by atoms with Crippen molar-refractivity contribution >= 4 is 18.2 Å². The molecule has 0 spiro atoms. The second-order valence-corrected chi connectivity index (χ2v) is 6.01. The molecule has 0 aliphatic rings. The lowest BCUT2D eigenvalue weighted by molar-refractivity contribution is -0.145. The van der Waals surface area contributed by atoms with Crippen molar-refractivity contribution in [3.8, 4) is 0 Å². The van der Waals surface area contributed by atoms with Gasteiger partial charge in [0.15, 0.2) is 6.29 Å². The molecule has 0 aromatic heterocycles. The summed E-state index contributed by atoms with van der Waals surface area (Å²) >= 11 is 0. The summed E-state index contributed by atoms with van der Waals surface area (Å²) < 4.78 is 0. The van der Waals surface area contributed by atoms with Crippen molar-refractivity contribution in [1.29, 1.82) is 0 Å². The van der Waals surface area contributed by atoms with Crippen molar-refractivity contribution in [2.75, 3.05) is 6.61 Å². The van der Waals surface area contributed by atoms with Gasteiger partial charge < -0.3 is 51.4 Å². The third-order valence-corrected chi connectivity index (χ3v) is 3.39. The molecule has 1 aromatic rings. The molecule has 1 rings (SSSR count). The van der Waals surface area contributed by atoms with Crippen LogP contribution in [0.3, 0.4) is 0 Å². The Kier molecular flexibility index (Phi) is 16.2. The Morgan fingerprint density at radius 2 is 1.43 bits per heavy atom. The highest BCUT2D eigenvalue weighted by Gasteiger charge is 2.29. The zero-order valence-electron chi connectivity index (χ0n) is 16.2. The van der Waals surface area contributed by atoms with Gasteiger partial charge in [0.05, 0.1) is 6.61 Å². The summed E-state index contributed by atoms with van der Waals surface area (Å²) in [4.78, 5) is 29.7. The predicted molar refractivity (Wildman–Crippen MR) is 102 cm³/mol. The topological polar surface area (TPSA) is 239 Å². The fourth-order valence-electron chi connectivity index (χ4n) is 1.57. The zero-order valence-corrected chi connectivity index (χ0v) is 16.2. The number of carboxylic acid groups (broad SMARTS) is 2. The number of nitrogens with two attached hydrogens (primary N) is 1. The van der Waals surface area contributed by atoms with Crippen molar-refractivity contribution in [3.63, 3.8) is 0 Å². The lowest BCUT2D eigenvalue weighted by atomic mass is 10.0. The molecule has 10 N–H and O–H groups in total. The van der Waals surface area contributed by atoms with E-state index in [2.05, 4.69) is 0 Å². The number of benzene rings is 1. The first-order valence-electron chi connectivity index (χ1n) is 8.60. The van der Waals surface area contributed by atoms with E-state index in [1.165, 1.54) is 6.92 Å². The Morgan fingerprint density at radius 1 is 0.967 bits per heavy atom. The summed E-state index contributed by atoms with van der Waals surface area (Å²) in [7, 11) is 0. The maximum absolute atomic E-state index is 10.4. The van der Waals surface area contributed by atoms with Crippen LogP contribution in [0.15, 0.2) is 30.3 Å². The second kappa shape index (κ2) is 16.4. The molecule has 172 valence electrons. The molecule has 0 bridgehead atoms. The number of carbonyl (C=O) groups excluding carboxylic acids is 1. The molecule has 1 unspecified atom stereocenters. The number of aliphatic carboxylic acids is 2. The van der Waals surface area contributed by atoms with Crippen LogP contribution in [-0.4, -0.2) is 102 Å². The number of carboxylic acids is 2. The van der Waals surface area contributed by atoms with Gasteiger partial charge in [-0.2, -0.15) is 0 Å². The van der Waals surface area contributed by atoms with Crippen molar-refractivity contribution in [2.24, 2.45) is 5.73 Å². The molecule has 30 heavy (non-hydrogen) atoms. The van der Waals surface area contributed by atoms with Crippen LogP contribution >= 0.6 is 0 Å². The number of carbonyl (C=O) groups is 3. The Balaban J connectivity index is 0. The van der Waals surface area contributed by atoms with E-state index < -0.39 is 55.1 Å². The molecule has 0 radical (unpaired) electrons.